The van der Waals surface area contributed by atoms with Gasteiger partial charge in [0.1, 0.15) is 24.7 Å². The molecule has 30 aromatic carbocycles. The Bertz CT molecular complexity index is 8140. The smallest absolute Gasteiger partial charge is 0.326 e. The van der Waals surface area contributed by atoms with Gasteiger partial charge in [0.2, 0.25) is 0 Å². The molecule has 5 aliphatic rings. The van der Waals surface area contributed by atoms with Crippen molar-refractivity contribution in [3.8, 4) is 11.5 Å². The lowest BCUT2D eigenvalue weighted by atomic mass is 9.68. The minimum atomic E-state index is -1.91. The highest BCUT2D eigenvalue weighted by atomic mass is 16.6. The molecule has 0 aliphatic heterocycles. The molecule has 0 aromatic heterocycles. The Morgan fingerprint density at radius 3 is 0.688 bits per heavy atom. The number of esters is 2. The van der Waals surface area contributed by atoms with Crippen LogP contribution in [0.5, 0.6) is 11.5 Å². The molecule has 109 heavy (non-hydrogen) atoms. The summed E-state index contributed by atoms with van der Waals surface area (Å²) in [6, 6.07) is 14.7. The Hall–Kier alpha value is -10.6. The van der Waals surface area contributed by atoms with Crippen molar-refractivity contribution in [2.45, 2.75) is 173 Å². The van der Waals surface area contributed by atoms with Crippen LogP contribution in [-0.2, 0) is 49.7 Å². The molecule has 0 radical (unpaired) electrons. The summed E-state index contributed by atoms with van der Waals surface area (Å²) in [5, 5.41) is 78.9. The van der Waals surface area contributed by atoms with Crippen molar-refractivity contribution < 1.29 is 34.3 Å². The molecular weight excluding hydrogens is 1340 g/mol. The summed E-state index contributed by atoms with van der Waals surface area (Å²) < 4.78 is 28.6. The largest absolute Gasteiger partial charge is 0.493 e. The van der Waals surface area contributed by atoms with Gasteiger partial charge in [0.25, 0.3) is 0 Å². The fourth-order valence-electron chi connectivity index (χ4n) is 31.0. The molecule has 3 N–H and O–H groups in total. The average Bonchev–Trinajstić information content (AvgIpc) is 1.36. The molecule has 0 amide bonds. The molecule has 514 valence electrons. The first-order valence-electron chi connectivity index (χ1n) is 42.4. The van der Waals surface area contributed by atoms with Gasteiger partial charge in [0.15, 0.2) is 5.41 Å². The minimum absolute atomic E-state index is 0.0224. The predicted molar refractivity (Wildman–Crippen MR) is 450 cm³/mol. The SMILES string of the molecule is CCCCCCCCCCCCOc1cc(COC(=O)C2(C(=O)OCc3ccc(C[NH3+])cc3)C34c5c6c7c8c9c%10c(c%11c%12c3c3c5c5c%13c6c6c7c7c9c9c%14c%10c%10c%11c%11c%12c%12c3c3c5c5c%13c%13c6c6c7c9c7c9c%14c%10c%10c%11c%11c%12c3c3c5c5c%13c6c7c6c9c%10c%11c3c56)C824)cc(OCCCCCCCCCCCC)c1. The van der Waals surface area contributed by atoms with E-state index in [0.29, 0.717) is 19.8 Å². The van der Waals surface area contributed by atoms with E-state index < -0.39 is 28.2 Å². The molecule has 35 rings (SSSR count). The van der Waals surface area contributed by atoms with Gasteiger partial charge in [-0.15, -0.1) is 0 Å². The maximum atomic E-state index is 18.5. The van der Waals surface area contributed by atoms with Crippen LogP contribution in [0.2, 0.25) is 0 Å². The number of carbonyl (C=O) groups is 2. The molecule has 7 nitrogen and oxygen atoms in total. The molecule has 1 saturated carbocycles. The fraction of sp³-hybridized carbons (Fsp3) is 0.294. The van der Waals surface area contributed by atoms with Crippen molar-refractivity contribution in [3.05, 3.63) is 81.4 Å². The van der Waals surface area contributed by atoms with Crippen LogP contribution in [-0.4, -0.2) is 25.2 Å². The van der Waals surface area contributed by atoms with Crippen molar-refractivity contribution in [3.63, 3.8) is 0 Å². The first kappa shape index (κ1) is 54.1. The number of ether oxygens (including phenoxy) is 4. The van der Waals surface area contributed by atoms with E-state index in [4.69, 9.17) is 18.9 Å². The van der Waals surface area contributed by atoms with Gasteiger partial charge in [-0.05, 0) is 349 Å². The number of benzene rings is 20. The number of carbonyl (C=O) groups excluding carboxylic acids is 2. The number of hydrogen-bond acceptors (Lipinski definition) is 6. The summed E-state index contributed by atoms with van der Waals surface area (Å²) in [5.74, 6) is 0.542. The molecule has 0 bridgehead atoms. The van der Waals surface area contributed by atoms with Crippen molar-refractivity contribution >= 4 is 303 Å². The number of rotatable bonds is 31. The van der Waals surface area contributed by atoms with Crippen LogP contribution >= 0.6 is 0 Å². The van der Waals surface area contributed by atoms with Crippen LogP contribution in [0.1, 0.15) is 181 Å². The molecule has 0 heterocycles. The lowest BCUT2D eigenvalue weighted by molar-refractivity contribution is -0.386. The van der Waals surface area contributed by atoms with Gasteiger partial charge in [-0.25, -0.2) is 0 Å². The van der Waals surface area contributed by atoms with Crippen LogP contribution in [0.25, 0.3) is 291 Å². The third-order valence-electron chi connectivity index (χ3n) is 33.5. The van der Waals surface area contributed by atoms with E-state index in [-0.39, 0.29) is 13.2 Å². The van der Waals surface area contributed by atoms with E-state index in [1.165, 1.54) is 362 Å². The minimum Gasteiger partial charge on any atom is -0.493 e. The van der Waals surface area contributed by atoms with Crippen molar-refractivity contribution in [2.75, 3.05) is 13.2 Å². The lowest BCUT2D eigenvalue weighted by Gasteiger charge is -2.32. The fourth-order valence-corrected chi connectivity index (χ4v) is 31.0. The highest BCUT2D eigenvalue weighted by Crippen LogP contribution is 2.97. The number of hydrogen-bond donors (Lipinski definition) is 1. The van der Waals surface area contributed by atoms with E-state index >= 15 is 9.59 Å². The average molecular weight is 1400 g/mol. The topological polar surface area (TPSA) is 98.7 Å². The first-order chi connectivity index (χ1) is 54.0. The summed E-state index contributed by atoms with van der Waals surface area (Å²) in [4.78, 5) is 36.7. The molecule has 5 aliphatic carbocycles. The van der Waals surface area contributed by atoms with E-state index in [0.717, 1.165) is 53.9 Å². The summed E-state index contributed by atoms with van der Waals surface area (Å²) in [6.45, 7) is 6.41. The van der Waals surface area contributed by atoms with E-state index in [9.17, 15) is 0 Å². The Labute approximate surface area is 617 Å². The van der Waals surface area contributed by atoms with Gasteiger partial charge in [-0.1, -0.05) is 154 Å². The molecule has 2 spiro atoms. The monoisotopic (exact) mass is 1400 g/mol. The van der Waals surface area contributed by atoms with Gasteiger partial charge in [0.05, 0.1) is 30.6 Å². The Kier molecular flexibility index (Phi) is 7.90. The van der Waals surface area contributed by atoms with Crippen LogP contribution in [0.4, 0.5) is 0 Å². The summed E-state index contributed by atoms with van der Waals surface area (Å²) >= 11 is 0. The zero-order valence-corrected chi connectivity index (χ0v) is 60.9. The summed E-state index contributed by atoms with van der Waals surface area (Å²) in [5.41, 5.74) is 7.63. The predicted octanol–water partition coefficient (Wildman–Crippen LogP) is 26.1. The van der Waals surface area contributed by atoms with Crippen molar-refractivity contribution in [1.29, 1.82) is 0 Å². The van der Waals surface area contributed by atoms with Crippen LogP contribution in [0, 0.1) is 5.41 Å². The first-order valence-corrected chi connectivity index (χ1v) is 42.4. The lowest BCUT2D eigenvalue weighted by Crippen LogP contribution is -2.47. The van der Waals surface area contributed by atoms with E-state index in [1.807, 2.05) is 0 Å². The highest BCUT2D eigenvalue weighted by molar-refractivity contribution is 6.82. The second-order valence-electron chi connectivity index (χ2n) is 37.1. The Morgan fingerprint density at radius 2 is 0.459 bits per heavy atom. The molecule has 0 unspecified atom stereocenters. The van der Waals surface area contributed by atoms with Crippen molar-refractivity contribution in [1.82, 2.24) is 0 Å². The van der Waals surface area contributed by atoms with E-state index in [1.54, 1.807) is 53.9 Å². The second-order valence-corrected chi connectivity index (χ2v) is 37.1. The Morgan fingerprint density at radius 1 is 0.257 bits per heavy atom. The second kappa shape index (κ2) is 15.9. The van der Waals surface area contributed by atoms with Gasteiger partial charge in [0, 0.05) is 11.6 Å². The zero-order chi connectivity index (χ0) is 69.5. The standard InChI is InChI=1S/C102H65NO6/c1-3-5-7-9-11-13-15-17-19-21-27-106-38-29-37(30-39(31-38)107-28-22-20-18-16-14-12-10-8-6-4-2)34-109-99(105)102(98(104)108-33-36-25-23-35(32-103)24-26-36)100-94-86-78-68-58-50-42-40-41-44-48-46(42)54-62-56(48)66-60-52(44)53-45(41)49-47-43(40)51(50)59-65-55(47)63-57(49)67-61(53)71-70(60)80-74(66)84-76(62)82(72(78)64(54)58)90(94)92(84)96-88(80)89-81(71)75(67)85-77(63)83-73(65)79(69(59)68)87(86)95(100)91(83)93(85)97(89)101(96,100)102/h23-26,29-31H,3-22,27-28,32-34,103H2,1-2H3/p+1. The van der Waals surface area contributed by atoms with Crippen molar-refractivity contribution in [2.24, 2.45) is 5.41 Å². The Balaban J connectivity index is 0.653. The molecule has 30 aromatic rings. The van der Waals surface area contributed by atoms with Gasteiger partial charge < -0.3 is 24.7 Å². The molecule has 0 atom stereocenters. The molecule has 1 fully saturated rings. The quantitative estimate of drug-likeness (QED) is 0.0201. The number of quaternary nitrogens is 1. The van der Waals surface area contributed by atoms with Gasteiger partial charge in [-0.2, -0.15) is 0 Å². The maximum absolute atomic E-state index is 18.5. The maximum Gasteiger partial charge on any atom is 0.326 e. The van der Waals surface area contributed by atoms with Crippen LogP contribution in [0.3, 0.4) is 0 Å². The van der Waals surface area contributed by atoms with E-state index in [2.05, 4.69) is 62.0 Å². The summed E-state index contributed by atoms with van der Waals surface area (Å²) in [6.07, 6.45) is 25.1. The molecule has 7 heteroatoms. The van der Waals surface area contributed by atoms with Gasteiger partial charge >= 0.3 is 11.9 Å². The zero-order valence-electron chi connectivity index (χ0n) is 60.9. The molecular formula is C102H66NO6+. The third-order valence-corrected chi connectivity index (χ3v) is 33.5. The third kappa shape index (κ3) is 4.37. The van der Waals surface area contributed by atoms with Crippen LogP contribution < -0.4 is 15.2 Å². The molecule has 0 saturated heterocycles. The van der Waals surface area contributed by atoms with Gasteiger partial charge in [-0.3, -0.25) is 9.59 Å². The summed E-state index contributed by atoms with van der Waals surface area (Å²) in [7, 11) is 0. The normalized spacial score (nSPS) is 19.7. The van der Waals surface area contributed by atoms with Crippen LogP contribution in [0.15, 0.2) is 42.5 Å². The highest BCUT2D eigenvalue weighted by Gasteiger charge is 3.01. The number of unbranched alkanes of at least 4 members (excludes halogenated alkanes) is 18.